The minimum Gasteiger partial charge on any atom is -0.307 e. The quantitative estimate of drug-likeness (QED) is 0.455. The zero-order chi connectivity index (χ0) is 16.7. The molecule has 0 fully saturated rings. The number of hydrogen-bond donors (Lipinski definition) is 0. The summed E-state index contributed by atoms with van der Waals surface area (Å²) in [4.78, 5) is 0. The van der Waals surface area contributed by atoms with E-state index in [2.05, 4.69) is 32.7 Å². The molecule has 0 bridgehead atoms. The van der Waals surface area contributed by atoms with Crippen LogP contribution in [0.4, 0.5) is 48.6 Å². The molecule has 0 aliphatic heterocycles. The maximum atomic E-state index is 11.6. The predicted octanol–water partition coefficient (Wildman–Crippen LogP) is 5.49. The standard InChI is InChI=1S/C3H2Cl2F4O.C3H2F6O.CH4.FH/c4-2(5)10-1(6)3(7,8)9;4-1(3(7,8)9)10-2(5)6;;/h2*1-2H;1H4;1H. The van der Waals surface area contributed by atoms with Crippen LogP contribution in [0.15, 0.2) is 0 Å². The van der Waals surface area contributed by atoms with E-state index >= 15 is 0 Å². The summed E-state index contributed by atoms with van der Waals surface area (Å²) in [6, 6.07) is 0. The van der Waals surface area contributed by atoms with Gasteiger partial charge in [0.2, 0.25) is 5.02 Å². The van der Waals surface area contributed by atoms with Gasteiger partial charge in [-0.25, -0.2) is 8.78 Å². The third-order valence-electron chi connectivity index (χ3n) is 0.959. The van der Waals surface area contributed by atoms with Crippen LogP contribution in [0.3, 0.4) is 0 Å². The van der Waals surface area contributed by atoms with Crippen molar-refractivity contribution < 1.29 is 58.1 Å². The van der Waals surface area contributed by atoms with Crippen molar-refractivity contribution in [2.45, 2.75) is 44.1 Å². The van der Waals surface area contributed by atoms with Crippen LogP contribution in [0.5, 0.6) is 0 Å². The van der Waals surface area contributed by atoms with Gasteiger partial charge in [0.25, 0.3) is 12.7 Å². The van der Waals surface area contributed by atoms with Crippen molar-refractivity contribution in [3.8, 4) is 0 Å². The SMILES string of the molecule is C.F.FC(F)OC(F)C(F)(F)F.FC(OC(Cl)Cl)C(F)(F)F. The Morgan fingerprint density at radius 2 is 0.955 bits per heavy atom. The molecule has 2 nitrogen and oxygen atoms in total. The molecule has 0 aliphatic rings. The van der Waals surface area contributed by atoms with E-state index in [-0.39, 0.29) is 12.1 Å². The molecule has 0 aliphatic carbocycles. The molecule has 0 spiro atoms. The Labute approximate surface area is 126 Å². The van der Waals surface area contributed by atoms with Gasteiger partial charge in [0.15, 0.2) is 0 Å². The van der Waals surface area contributed by atoms with E-state index < -0.39 is 36.7 Å². The zero-order valence-electron chi connectivity index (χ0n) is 9.07. The lowest BCUT2D eigenvalue weighted by Gasteiger charge is -2.12. The first-order valence-corrected chi connectivity index (χ1v) is 4.84. The predicted molar refractivity (Wildman–Crippen MR) is 54.8 cm³/mol. The molecule has 0 aromatic heterocycles. The van der Waals surface area contributed by atoms with Crippen molar-refractivity contribution in [2.75, 3.05) is 0 Å². The highest BCUT2D eigenvalue weighted by atomic mass is 35.5. The van der Waals surface area contributed by atoms with Crippen molar-refractivity contribution in [1.29, 1.82) is 0 Å². The fourth-order valence-electron chi connectivity index (χ4n) is 0.335. The molecule has 140 valence electrons. The van der Waals surface area contributed by atoms with E-state index in [4.69, 9.17) is 0 Å². The molecule has 0 radical (unpaired) electrons. The fraction of sp³-hybridized carbons (Fsp3) is 1.00. The van der Waals surface area contributed by atoms with Gasteiger partial charge >= 0.3 is 19.0 Å². The summed E-state index contributed by atoms with van der Waals surface area (Å²) in [5.41, 5.74) is 0. The maximum Gasteiger partial charge on any atom is 0.445 e. The maximum absolute atomic E-state index is 11.6. The van der Waals surface area contributed by atoms with Crippen molar-refractivity contribution in [2.24, 2.45) is 0 Å². The van der Waals surface area contributed by atoms with Gasteiger partial charge in [0.05, 0.1) is 0 Å². The zero-order valence-corrected chi connectivity index (χ0v) is 10.6. The number of hydrogen-bond acceptors (Lipinski definition) is 2. The lowest BCUT2D eigenvalue weighted by atomic mass is 10.7. The number of rotatable bonds is 4. The first kappa shape index (κ1) is 29.7. The topological polar surface area (TPSA) is 18.5 Å². The third kappa shape index (κ3) is 17.8. The minimum atomic E-state index is -5.38. The molecule has 2 atom stereocenters. The van der Waals surface area contributed by atoms with E-state index in [9.17, 15) is 43.9 Å². The van der Waals surface area contributed by atoms with E-state index in [0.29, 0.717) is 0 Å². The molecule has 0 aromatic rings. The highest BCUT2D eigenvalue weighted by molar-refractivity contribution is 6.43. The normalized spacial score (nSPS) is 14.5. The largest absolute Gasteiger partial charge is 0.445 e. The monoisotopic (exact) mass is 404 g/mol. The summed E-state index contributed by atoms with van der Waals surface area (Å²) in [5, 5.41) is -1.81. The molecule has 0 heterocycles. The molecule has 22 heavy (non-hydrogen) atoms. The van der Waals surface area contributed by atoms with Gasteiger partial charge in [-0.3, -0.25) is 9.44 Å². The molecule has 0 amide bonds. The Morgan fingerprint density at radius 1 is 0.682 bits per heavy atom. The number of alkyl halides is 12. The molecule has 0 rings (SSSR count). The Hall–Kier alpha value is -0.270. The van der Waals surface area contributed by atoms with Crippen LogP contribution in [0.2, 0.25) is 0 Å². The molecular formula is C7H9Cl2F11O2. The highest BCUT2D eigenvalue weighted by Gasteiger charge is 2.43. The average Bonchev–Trinajstić information content (AvgIpc) is 2.13. The summed E-state index contributed by atoms with van der Waals surface area (Å²) in [6.45, 7) is -3.75. The Morgan fingerprint density at radius 3 is 1.05 bits per heavy atom. The smallest absolute Gasteiger partial charge is 0.307 e. The van der Waals surface area contributed by atoms with Gasteiger partial charge in [-0.1, -0.05) is 30.6 Å². The van der Waals surface area contributed by atoms with Gasteiger partial charge in [-0.2, -0.15) is 35.1 Å². The molecule has 0 saturated carbocycles. The van der Waals surface area contributed by atoms with Gasteiger partial charge in [-0.05, 0) is 0 Å². The molecular weight excluding hydrogens is 396 g/mol. The average molecular weight is 405 g/mol. The summed E-state index contributed by atoms with van der Waals surface area (Å²) in [6.07, 6.45) is -17.8. The molecule has 2 unspecified atom stereocenters. The summed E-state index contributed by atoms with van der Waals surface area (Å²) < 4.78 is 117. The summed E-state index contributed by atoms with van der Waals surface area (Å²) in [7, 11) is 0. The van der Waals surface area contributed by atoms with Crippen LogP contribution < -0.4 is 0 Å². The second-order valence-corrected chi connectivity index (χ2v) is 3.52. The van der Waals surface area contributed by atoms with Gasteiger partial charge in [0.1, 0.15) is 0 Å². The van der Waals surface area contributed by atoms with Gasteiger partial charge < -0.3 is 4.74 Å². The first-order valence-electron chi connectivity index (χ1n) is 3.96. The lowest BCUT2D eigenvalue weighted by molar-refractivity contribution is -0.312. The van der Waals surface area contributed by atoms with E-state index in [0.717, 1.165) is 0 Å². The highest BCUT2D eigenvalue weighted by Crippen LogP contribution is 2.26. The Balaban J connectivity index is -0.000000135. The van der Waals surface area contributed by atoms with Crippen LogP contribution in [0, 0.1) is 0 Å². The van der Waals surface area contributed by atoms with Crippen molar-refractivity contribution >= 4 is 23.2 Å². The van der Waals surface area contributed by atoms with Crippen LogP contribution in [-0.4, -0.2) is 36.7 Å². The molecule has 15 heteroatoms. The molecule has 0 saturated heterocycles. The van der Waals surface area contributed by atoms with Crippen LogP contribution in [-0.2, 0) is 9.47 Å². The Kier molecular flexibility index (Phi) is 16.5. The summed E-state index contributed by atoms with van der Waals surface area (Å²) in [5.74, 6) is 0. The van der Waals surface area contributed by atoms with Crippen molar-refractivity contribution in [1.82, 2.24) is 0 Å². The third-order valence-corrected chi connectivity index (χ3v) is 1.17. The molecule has 0 aromatic carbocycles. The second kappa shape index (κ2) is 12.2. The van der Waals surface area contributed by atoms with Crippen LogP contribution >= 0.6 is 23.2 Å². The molecule has 0 N–H and O–H groups in total. The number of ether oxygens (including phenoxy) is 2. The Bertz CT molecular complexity index is 232. The minimum absolute atomic E-state index is 0. The number of halogens is 13. The van der Waals surface area contributed by atoms with Crippen LogP contribution in [0.1, 0.15) is 7.43 Å². The van der Waals surface area contributed by atoms with Gasteiger partial charge in [-0.15, -0.1) is 0 Å². The lowest BCUT2D eigenvalue weighted by Crippen LogP contribution is -2.28. The van der Waals surface area contributed by atoms with Crippen LogP contribution in [0.25, 0.3) is 0 Å². The first-order chi connectivity index (χ1) is 8.67. The van der Waals surface area contributed by atoms with Crippen molar-refractivity contribution in [3.63, 3.8) is 0 Å². The second-order valence-electron chi connectivity index (χ2n) is 2.51. The van der Waals surface area contributed by atoms with Gasteiger partial charge in [0, 0.05) is 0 Å². The van der Waals surface area contributed by atoms with E-state index in [1.807, 2.05) is 0 Å². The van der Waals surface area contributed by atoms with Crippen molar-refractivity contribution in [3.05, 3.63) is 0 Å². The summed E-state index contributed by atoms with van der Waals surface area (Å²) >= 11 is 9.36. The fourth-order valence-corrected chi connectivity index (χ4v) is 0.516. The van der Waals surface area contributed by atoms with E-state index in [1.165, 1.54) is 0 Å². The van der Waals surface area contributed by atoms with E-state index in [1.54, 1.807) is 0 Å².